The predicted molar refractivity (Wildman–Crippen MR) is 119 cm³/mol. The van der Waals surface area contributed by atoms with Crippen LogP contribution in [0, 0.1) is 5.92 Å². The fraction of sp³-hybridized carbons (Fsp3) is 0.400. The molecule has 2 heterocycles. The van der Waals surface area contributed by atoms with Crippen molar-refractivity contribution in [2.24, 2.45) is 5.92 Å². The summed E-state index contributed by atoms with van der Waals surface area (Å²) in [6, 6.07) is 13.8. The van der Waals surface area contributed by atoms with E-state index in [1.165, 1.54) is 11.1 Å². The molecule has 1 saturated heterocycles. The van der Waals surface area contributed by atoms with Crippen molar-refractivity contribution >= 4 is 18.4 Å². The van der Waals surface area contributed by atoms with Gasteiger partial charge in [-0.2, -0.15) is 0 Å². The molecule has 31 heavy (non-hydrogen) atoms. The molecule has 2 aliphatic carbocycles. The Bertz CT molecular complexity index is 1070. The number of carbonyl (C=O) groups excluding carboxylic acids is 1. The van der Waals surface area contributed by atoms with Crippen LogP contribution in [0.2, 0.25) is 0 Å². The van der Waals surface area contributed by atoms with Gasteiger partial charge < -0.3 is 19.1 Å². The van der Waals surface area contributed by atoms with Gasteiger partial charge in [-0.1, -0.05) is 24.3 Å². The van der Waals surface area contributed by atoms with Crippen LogP contribution in [-0.4, -0.2) is 43.7 Å². The highest BCUT2D eigenvalue weighted by molar-refractivity contribution is 5.90. The monoisotopic (exact) mass is 439 g/mol. The van der Waals surface area contributed by atoms with E-state index in [0.717, 1.165) is 37.3 Å². The van der Waals surface area contributed by atoms with Crippen molar-refractivity contribution in [2.75, 3.05) is 20.7 Å². The van der Waals surface area contributed by atoms with Crippen LogP contribution in [0.5, 0.6) is 11.5 Å². The highest BCUT2D eigenvalue weighted by Crippen LogP contribution is 2.63. The first kappa shape index (κ1) is 20.4. The number of carbonyl (C=O) groups is 1. The molecule has 0 N–H and O–H groups in total. The predicted octanol–water partition coefficient (Wildman–Crippen LogP) is 4.14. The summed E-state index contributed by atoms with van der Waals surface area (Å²) in [7, 11) is 3.91. The Morgan fingerprint density at radius 3 is 2.77 bits per heavy atom. The van der Waals surface area contributed by atoms with Crippen molar-refractivity contribution in [3.63, 3.8) is 0 Å². The molecule has 2 aliphatic heterocycles. The normalized spacial score (nSPS) is 29.7. The maximum Gasteiger partial charge on any atom is 0.343 e. The number of hydrogen-bond donors (Lipinski definition) is 0. The van der Waals surface area contributed by atoms with Gasteiger partial charge in [0, 0.05) is 17.0 Å². The van der Waals surface area contributed by atoms with Gasteiger partial charge in [0.2, 0.25) is 0 Å². The maximum atomic E-state index is 12.8. The number of likely N-dealkylation sites (tertiary alicyclic amines) is 1. The first-order chi connectivity index (χ1) is 14.6. The van der Waals surface area contributed by atoms with Crippen LogP contribution >= 0.6 is 12.4 Å². The van der Waals surface area contributed by atoms with Crippen LogP contribution in [0.1, 0.15) is 34.3 Å². The lowest BCUT2D eigenvalue weighted by Gasteiger charge is -2.56. The van der Waals surface area contributed by atoms with Gasteiger partial charge in [0.05, 0.1) is 12.7 Å². The number of esters is 1. The summed E-state index contributed by atoms with van der Waals surface area (Å²) in [5.74, 6) is 2.37. The Balaban J connectivity index is 0.00000204. The minimum Gasteiger partial charge on any atom is -0.493 e. The van der Waals surface area contributed by atoms with Gasteiger partial charge in [0.15, 0.2) is 17.6 Å². The second-order valence-corrected chi connectivity index (χ2v) is 8.88. The third-order valence-electron chi connectivity index (χ3n) is 7.65. The molecule has 4 atom stereocenters. The van der Waals surface area contributed by atoms with Crippen LogP contribution in [0.15, 0.2) is 54.3 Å². The molecule has 162 valence electrons. The topological polar surface area (TPSA) is 48.0 Å². The van der Waals surface area contributed by atoms with Gasteiger partial charge in [-0.15, -0.1) is 12.4 Å². The number of rotatable bonds is 3. The number of halogens is 1. The van der Waals surface area contributed by atoms with E-state index in [2.05, 4.69) is 24.1 Å². The second kappa shape index (κ2) is 7.28. The van der Waals surface area contributed by atoms with E-state index < -0.39 is 0 Å². The van der Waals surface area contributed by atoms with E-state index in [9.17, 15) is 4.79 Å². The number of ether oxygens (including phenoxy) is 3. The summed E-state index contributed by atoms with van der Waals surface area (Å²) in [5.41, 5.74) is 3.03. The van der Waals surface area contributed by atoms with Crippen molar-refractivity contribution in [1.82, 2.24) is 4.90 Å². The summed E-state index contributed by atoms with van der Waals surface area (Å²) in [6.07, 6.45) is 4.71. The van der Waals surface area contributed by atoms with Crippen molar-refractivity contribution in [1.29, 1.82) is 0 Å². The molecule has 0 aromatic heterocycles. The van der Waals surface area contributed by atoms with E-state index in [1.807, 2.05) is 24.3 Å². The molecular weight excluding hydrogens is 414 g/mol. The SMILES string of the molecule is COc1ccc2c3c1O[C@H]1C(OC(=O)c4ccccc4)=CC[C@@H]4[C@@H](C2)N(C)CC[C@@]341.Cl. The number of likely N-dealkylation sites (N-methyl/N-ethyl adjacent to an activating group) is 1. The summed E-state index contributed by atoms with van der Waals surface area (Å²) in [5, 5.41) is 0. The van der Waals surface area contributed by atoms with Crippen LogP contribution in [-0.2, 0) is 16.6 Å². The van der Waals surface area contributed by atoms with Gasteiger partial charge >= 0.3 is 5.97 Å². The molecule has 6 rings (SSSR count). The molecule has 2 bridgehead atoms. The summed E-state index contributed by atoms with van der Waals surface area (Å²) < 4.78 is 18.2. The molecule has 6 heteroatoms. The standard InChI is InChI=1S/C25H25NO4.ClH/c1-26-13-12-25-17-9-11-20(29-24(27)15-6-4-3-5-7-15)23(25)30-22-19(28-2)10-8-16(21(22)25)14-18(17)26;/h3-8,10-11,17-18,23H,9,12-14H2,1-2H3;1H/t17-,18-,23+,25+;/m1./s1. The van der Waals surface area contributed by atoms with Crippen LogP contribution < -0.4 is 9.47 Å². The first-order valence-electron chi connectivity index (χ1n) is 10.7. The molecule has 1 fully saturated rings. The van der Waals surface area contributed by atoms with Crippen molar-refractivity contribution in [2.45, 2.75) is 36.8 Å². The lowest BCUT2D eigenvalue weighted by atomic mass is 9.53. The van der Waals surface area contributed by atoms with E-state index >= 15 is 0 Å². The molecule has 5 nitrogen and oxygen atoms in total. The smallest absolute Gasteiger partial charge is 0.343 e. The van der Waals surface area contributed by atoms with Crippen molar-refractivity contribution in [3.05, 3.63) is 71.0 Å². The van der Waals surface area contributed by atoms with Gasteiger partial charge in [-0.05, 0) is 68.6 Å². The molecule has 0 unspecified atom stereocenters. The summed E-state index contributed by atoms with van der Waals surface area (Å²) >= 11 is 0. The number of allylic oxidation sites excluding steroid dienone is 1. The molecule has 2 aromatic carbocycles. The Morgan fingerprint density at radius 1 is 1.19 bits per heavy atom. The number of methoxy groups -OCH3 is 1. The largest absolute Gasteiger partial charge is 0.493 e. The number of piperidine rings is 1. The van der Waals surface area contributed by atoms with E-state index in [-0.39, 0.29) is 29.9 Å². The molecule has 1 spiro atoms. The minimum absolute atomic E-state index is 0. The Hall–Kier alpha value is -2.50. The van der Waals surface area contributed by atoms with E-state index in [4.69, 9.17) is 14.2 Å². The Kier molecular flexibility index (Phi) is 4.79. The van der Waals surface area contributed by atoms with Gasteiger partial charge in [-0.25, -0.2) is 4.79 Å². The van der Waals surface area contributed by atoms with E-state index in [1.54, 1.807) is 19.2 Å². The highest BCUT2D eigenvalue weighted by atomic mass is 35.5. The fourth-order valence-corrected chi connectivity index (χ4v) is 6.30. The summed E-state index contributed by atoms with van der Waals surface area (Å²) in [4.78, 5) is 15.3. The molecule has 0 radical (unpaired) electrons. The highest BCUT2D eigenvalue weighted by Gasteiger charge is 2.64. The fourth-order valence-electron chi connectivity index (χ4n) is 6.30. The number of hydrogen-bond acceptors (Lipinski definition) is 5. The molecule has 2 aromatic rings. The Labute approximate surface area is 188 Å². The zero-order chi connectivity index (χ0) is 20.5. The molecular formula is C25H26ClNO4. The molecule has 0 saturated carbocycles. The van der Waals surface area contributed by atoms with Gasteiger partial charge in [-0.3, -0.25) is 0 Å². The van der Waals surface area contributed by atoms with Crippen LogP contribution in [0.3, 0.4) is 0 Å². The maximum absolute atomic E-state index is 12.8. The van der Waals surface area contributed by atoms with Crippen LogP contribution in [0.25, 0.3) is 0 Å². The number of benzene rings is 2. The summed E-state index contributed by atoms with van der Waals surface area (Å²) in [6.45, 7) is 1.01. The molecule has 0 amide bonds. The van der Waals surface area contributed by atoms with Gasteiger partial charge in [0.25, 0.3) is 0 Å². The molecule has 4 aliphatic rings. The second-order valence-electron chi connectivity index (χ2n) is 8.88. The van der Waals surface area contributed by atoms with Crippen molar-refractivity contribution in [3.8, 4) is 11.5 Å². The first-order valence-corrected chi connectivity index (χ1v) is 10.7. The van der Waals surface area contributed by atoms with Crippen molar-refractivity contribution < 1.29 is 19.0 Å². The lowest BCUT2D eigenvalue weighted by Crippen LogP contribution is -2.63. The third-order valence-corrected chi connectivity index (χ3v) is 7.65. The third kappa shape index (κ3) is 2.69. The lowest BCUT2D eigenvalue weighted by molar-refractivity contribution is -0.0272. The average Bonchev–Trinajstić information content (AvgIpc) is 3.13. The van der Waals surface area contributed by atoms with Crippen LogP contribution in [0.4, 0.5) is 0 Å². The Morgan fingerprint density at radius 2 is 2.00 bits per heavy atom. The van der Waals surface area contributed by atoms with Gasteiger partial charge in [0.1, 0.15) is 5.76 Å². The zero-order valence-corrected chi connectivity index (χ0v) is 18.5. The zero-order valence-electron chi connectivity index (χ0n) is 17.7. The van der Waals surface area contributed by atoms with E-state index in [0.29, 0.717) is 23.3 Å². The quantitative estimate of drug-likeness (QED) is 0.673. The number of nitrogens with zero attached hydrogens (tertiary/aromatic N) is 1. The average molecular weight is 440 g/mol. The minimum atomic E-state index is -0.330.